The maximum absolute atomic E-state index is 12.4. The third-order valence-corrected chi connectivity index (χ3v) is 7.18. The van der Waals surface area contributed by atoms with Crippen molar-refractivity contribution in [3.63, 3.8) is 0 Å². The first kappa shape index (κ1) is 39.1. The molecule has 0 aromatic heterocycles. The molecule has 0 rings (SSSR count). The fraction of sp³-hybridized carbons (Fsp3) is 0.848. The number of esters is 2. The van der Waals surface area contributed by atoms with Crippen molar-refractivity contribution in [1.82, 2.24) is 0 Å². The van der Waals surface area contributed by atoms with Crippen LogP contribution in [0.25, 0.3) is 0 Å². The summed E-state index contributed by atoms with van der Waals surface area (Å²) in [5.41, 5.74) is 0. The minimum absolute atomic E-state index is 0.0492. The molecule has 0 fully saturated rings. The number of nitrogens with zero attached hydrogens (tertiary/aromatic N) is 1. The molecule has 0 spiro atoms. The van der Waals surface area contributed by atoms with Gasteiger partial charge in [-0.2, -0.15) is 0 Å². The zero-order valence-electron chi connectivity index (χ0n) is 27.0. The number of carboxylic acids is 1. The Hall–Kier alpha value is -1.93. The van der Waals surface area contributed by atoms with E-state index in [2.05, 4.69) is 19.9 Å². The smallest absolute Gasteiger partial charge is 0.362 e. The minimum atomic E-state index is -0.882. The van der Waals surface area contributed by atoms with E-state index in [1.165, 1.54) is 57.8 Å². The van der Waals surface area contributed by atoms with E-state index >= 15 is 0 Å². The van der Waals surface area contributed by atoms with Crippen LogP contribution in [-0.2, 0) is 28.6 Å². The molecular weight excluding hydrogens is 522 g/mol. The predicted molar refractivity (Wildman–Crippen MR) is 165 cm³/mol. The number of likely N-dealkylation sites (N-methyl/N-ethyl adjacent to an activating group) is 1. The van der Waals surface area contributed by atoms with E-state index in [0.29, 0.717) is 19.3 Å². The van der Waals surface area contributed by atoms with Crippen LogP contribution in [0.4, 0.5) is 0 Å². The van der Waals surface area contributed by atoms with Crippen LogP contribution in [0.5, 0.6) is 0 Å². The fourth-order valence-electron chi connectivity index (χ4n) is 4.58. The Morgan fingerprint density at radius 3 is 1.85 bits per heavy atom. The second-order valence-electron chi connectivity index (χ2n) is 12.1. The number of quaternary nitrogens is 1. The summed E-state index contributed by atoms with van der Waals surface area (Å²) >= 11 is 0. The van der Waals surface area contributed by atoms with Gasteiger partial charge in [0, 0.05) is 19.3 Å². The molecule has 8 heteroatoms. The third kappa shape index (κ3) is 24.4. The standard InChI is InChI=1S/C33H61NO7/c1-6-8-10-12-14-15-16-18-19-21-23-31(35)40-28-29(27-39-26-25-30(33(37)38)34(3,4)5)41-32(36)24-22-20-17-13-11-9-7-2/h17,20,29-30H,6-16,18-19,21-28H2,1-5H3/p+1/b20-17+. The average Bonchev–Trinajstić information content (AvgIpc) is 2.91. The highest BCUT2D eigenvalue weighted by atomic mass is 16.6. The Morgan fingerprint density at radius 1 is 0.707 bits per heavy atom. The maximum Gasteiger partial charge on any atom is 0.362 e. The van der Waals surface area contributed by atoms with Gasteiger partial charge in [-0.1, -0.05) is 96.6 Å². The largest absolute Gasteiger partial charge is 0.477 e. The van der Waals surface area contributed by atoms with Crippen LogP contribution in [0.2, 0.25) is 0 Å². The van der Waals surface area contributed by atoms with Gasteiger partial charge in [0.15, 0.2) is 12.1 Å². The number of carbonyl (C=O) groups excluding carboxylic acids is 2. The molecule has 0 radical (unpaired) electrons. The molecule has 2 unspecified atom stereocenters. The van der Waals surface area contributed by atoms with Crippen molar-refractivity contribution < 1.29 is 38.2 Å². The van der Waals surface area contributed by atoms with Gasteiger partial charge in [-0.25, -0.2) is 4.79 Å². The number of carboxylic acid groups (broad SMARTS) is 1. The van der Waals surface area contributed by atoms with E-state index in [4.69, 9.17) is 14.2 Å². The summed E-state index contributed by atoms with van der Waals surface area (Å²) in [5.74, 6) is -1.54. The maximum atomic E-state index is 12.4. The van der Waals surface area contributed by atoms with Crippen molar-refractivity contribution in [1.29, 1.82) is 0 Å². The SMILES string of the molecule is CCCCC/C=C/CCC(=O)OC(COCCC(C(=O)O)[N+](C)(C)C)COC(=O)CCCCCCCCCCCC. The van der Waals surface area contributed by atoms with E-state index in [-0.39, 0.29) is 42.7 Å². The molecule has 8 nitrogen and oxygen atoms in total. The predicted octanol–water partition coefficient (Wildman–Crippen LogP) is 7.24. The van der Waals surface area contributed by atoms with E-state index < -0.39 is 18.1 Å². The Bertz CT molecular complexity index is 702. The van der Waals surface area contributed by atoms with Gasteiger partial charge in [-0.15, -0.1) is 0 Å². The quantitative estimate of drug-likeness (QED) is 0.0448. The van der Waals surface area contributed by atoms with E-state index in [9.17, 15) is 19.5 Å². The van der Waals surface area contributed by atoms with Gasteiger partial charge < -0.3 is 23.8 Å². The highest BCUT2D eigenvalue weighted by Crippen LogP contribution is 2.13. The Labute approximate surface area is 250 Å². The lowest BCUT2D eigenvalue weighted by Gasteiger charge is -2.31. The van der Waals surface area contributed by atoms with Crippen molar-refractivity contribution >= 4 is 17.9 Å². The van der Waals surface area contributed by atoms with Crippen molar-refractivity contribution in [2.45, 2.75) is 142 Å². The molecule has 2 atom stereocenters. The van der Waals surface area contributed by atoms with Crippen LogP contribution in [0.3, 0.4) is 0 Å². The zero-order valence-corrected chi connectivity index (χ0v) is 27.0. The van der Waals surface area contributed by atoms with Crippen LogP contribution in [0.1, 0.15) is 129 Å². The summed E-state index contributed by atoms with van der Waals surface area (Å²) < 4.78 is 17.0. The van der Waals surface area contributed by atoms with Crippen molar-refractivity contribution in [3.05, 3.63) is 12.2 Å². The van der Waals surface area contributed by atoms with Crippen LogP contribution >= 0.6 is 0 Å². The highest BCUT2D eigenvalue weighted by Gasteiger charge is 2.31. The normalized spacial score (nSPS) is 13.3. The first-order chi connectivity index (χ1) is 19.6. The van der Waals surface area contributed by atoms with E-state index in [0.717, 1.165) is 32.1 Å². The van der Waals surface area contributed by atoms with Gasteiger partial charge in [-0.05, 0) is 25.7 Å². The number of carbonyl (C=O) groups is 3. The van der Waals surface area contributed by atoms with Gasteiger partial charge >= 0.3 is 17.9 Å². The number of aliphatic carboxylic acids is 1. The number of hydrogen-bond acceptors (Lipinski definition) is 6. The first-order valence-electron chi connectivity index (χ1n) is 16.2. The zero-order chi connectivity index (χ0) is 30.8. The first-order valence-corrected chi connectivity index (χ1v) is 16.2. The van der Waals surface area contributed by atoms with Gasteiger partial charge in [-0.3, -0.25) is 9.59 Å². The molecule has 0 amide bonds. The van der Waals surface area contributed by atoms with Crippen LogP contribution in [0, 0.1) is 0 Å². The summed E-state index contributed by atoms with van der Waals surface area (Å²) in [7, 11) is 5.49. The van der Waals surface area contributed by atoms with Crippen LogP contribution in [-0.4, -0.2) is 80.6 Å². The molecular formula is C33H62NO7+. The molecule has 0 saturated heterocycles. The molecule has 0 aliphatic carbocycles. The van der Waals surface area contributed by atoms with Crippen molar-refractivity contribution in [2.75, 3.05) is 41.0 Å². The summed E-state index contributed by atoms with van der Waals surface area (Å²) in [6, 6.07) is -0.612. The average molecular weight is 585 g/mol. The van der Waals surface area contributed by atoms with Crippen LogP contribution in [0.15, 0.2) is 12.2 Å². The fourth-order valence-corrected chi connectivity index (χ4v) is 4.58. The molecule has 0 aromatic carbocycles. The molecule has 0 aliphatic heterocycles. The summed E-state index contributed by atoms with van der Waals surface area (Å²) in [5, 5.41) is 9.51. The molecule has 0 aliphatic rings. The Morgan fingerprint density at radius 2 is 1.27 bits per heavy atom. The summed E-state index contributed by atoms with van der Waals surface area (Å²) in [6.45, 7) is 4.59. The lowest BCUT2D eigenvalue weighted by atomic mass is 10.1. The van der Waals surface area contributed by atoms with Gasteiger partial charge in [0.25, 0.3) is 0 Å². The molecule has 240 valence electrons. The van der Waals surface area contributed by atoms with Crippen molar-refractivity contribution in [2.24, 2.45) is 0 Å². The van der Waals surface area contributed by atoms with E-state index in [1.54, 1.807) is 0 Å². The summed E-state index contributed by atoms with van der Waals surface area (Å²) in [4.78, 5) is 36.3. The summed E-state index contributed by atoms with van der Waals surface area (Å²) in [6.07, 6.45) is 21.4. The number of hydrogen-bond donors (Lipinski definition) is 1. The van der Waals surface area contributed by atoms with E-state index in [1.807, 2.05) is 27.2 Å². The van der Waals surface area contributed by atoms with Gasteiger partial charge in [0.1, 0.15) is 6.61 Å². The number of allylic oxidation sites excluding steroid dienone is 2. The molecule has 0 heterocycles. The van der Waals surface area contributed by atoms with Gasteiger partial charge in [0.2, 0.25) is 0 Å². The van der Waals surface area contributed by atoms with Crippen molar-refractivity contribution in [3.8, 4) is 0 Å². The second kappa shape index (κ2) is 25.8. The number of ether oxygens (including phenoxy) is 3. The Kier molecular flexibility index (Phi) is 24.5. The lowest BCUT2D eigenvalue weighted by molar-refractivity contribution is -0.887. The second-order valence-corrected chi connectivity index (χ2v) is 12.1. The molecule has 1 N–H and O–H groups in total. The minimum Gasteiger partial charge on any atom is -0.477 e. The molecule has 0 bridgehead atoms. The third-order valence-electron chi connectivity index (χ3n) is 7.18. The molecule has 41 heavy (non-hydrogen) atoms. The van der Waals surface area contributed by atoms with Crippen LogP contribution < -0.4 is 0 Å². The monoisotopic (exact) mass is 584 g/mol. The number of rotatable bonds is 28. The van der Waals surface area contributed by atoms with Gasteiger partial charge in [0.05, 0.1) is 34.4 Å². The highest BCUT2D eigenvalue weighted by molar-refractivity contribution is 5.72. The lowest BCUT2D eigenvalue weighted by Crippen LogP contribution is -2.50. The Balaban J connectivity index is 4.51. The number of unbranched alkanes of at least 4 members (excludes halogenated alkanes) is 12. The molecule has 0 aromatic rings. The molecule has 0 saturated carbocycles. The topological polar surface area (TPSA) is 99.1 Å².